The van der Waals surface area contributed by atoms with E-state index in [9.17, 15) is 18.0 Å². The molecule has 1 aliphatic heterocycles. The molecular formula is C28H34Cl2F3N3O. The van der Waals surface area contributed by atoms with Crippen LogP contribution in [0.3, 0.4) is 0 Å². The first-order chi connectivity index (χ1) is 17.4. The Kier molecular flexibility index (Phi) is 9.95. The molecule has 0 radical (unpaired) electrons. The van der Waals surface area contributed by atoms with Crippen LogP contribution in [0, 0.1) is 6.92 Å². The number of rotatable bonds is 8. The Labute approximate surface area is 227 Å². The number of carbonyl (C=O) groups is 1. The van der Waals surface area contributed by atoms with E-state index in [-0.39, 0.29) is 18.9 Å². The second kappa shape index (κ2) is 12.5. The molecule has 3 N–H and O–H groups in total. The Bertz CT molecular complexity index is 1070. The molecule has 4 nitrogen and oxygen atoms in total. The molecule has 9 heteroatoms. The molecule has 1 atom stereocenters. The van der Waals surface area contributed by atoms with Crippen molar-refractivity contribution in [2.75, 3.05) is 13.1 Å². The molecule has 202 valence electrons. The summed E-state index contributed by atoms with van der Waals surface area (Å²) in [5, 5.41) is 11.5. The first-order valence-corrected chi connectivity index (χ1v) is 13.2. The second-order valence-corrected chi connectivity index (χ2v) is 10.7. The van der Waals surface area contributed by atoms with E-state index < -0.39 is 11.6 Å². The van der Waals surface area contributed by atoms with Crippen LogP contribution in [0.15, 0.2) is 54.7 Å². The minimum Gasteiger partial charge on any atom is -0.384 e. The van der Waals surface area contributed by atoms with Gasteiger partial charge in [-0.3, -0.25) is 4.79 Å². The number of alkyl halides is 3. The summed E-state index contributed by atoms with van der Waals surface area (Å²) in [6, 6.07) is 13.9. The van der Waals surface area contributed by atoms with Crippen molar-refractivity contribution in [2.24, 2.45) is 0 Å². The summed E-state index contributed by atoms with van der Waals surface area (Å²) >= 11 is 12.6. The van der Waals surface area contributed by atoms with Gasteiger partial charge in [-0.25, -0.2) is 0 Å². The number of carbonyl (C=O) groups excluding carboxylic acids is 1. The standard InChI is InChI=1S/C26H31Cl2N3O.C2H3F3/c1-17-3-6-20(7-4-17)26(11-12-26)25(32)31-24(15-19-5-8-21(27)16-23(19)28)18(2)30-22-9-13-29-14-10-22;1-2(3,4)5/h3-8,16,22,24,29-30H,2,9-15H2,1H3,(H,31,32);1H3/t24-;/m0./s1. The number of benzene rings is 2. The van der Waals surface area contributed by atoms with Crippen molar-refractivity contribution >= 4 is 29.1 Å². The summed E-state index contributed by atoms with van der Waals surface area (Å²) in [5.41, 5.74) is 3.61. The quantitative estimate of drug-likeness (QED) is 0.349. The van der Waals surface area contributed by atoms with Crippen LogP contribution in [0.2, 0.25) is 10.0 Å². The zero-order valence-electron chi connectivity index (χ0n) is 21.2. The number of nitrogens with one attached hydrogen (secondary N) is 3. The van der Waals surface area contributed by atoms with Crippen molar-refractivity contribution in [3.05, 3.63) is 81.5 Å². The summed E-state index contributed by atoms with van der Waals surface area (Å²) in [5.74, 6) is 0.0599. The Morgan fingerprint density at radius 3 is 2.27 bits per heavy atom. The summed E-state index contributed by atoms with van der Waals surface area (Å²) in [6.07, 6.45) is 0.362. The van der Waals surface area contributed by atoms with Crippen molar-refractivity contribution in [1.82, 2.24) is 16.0 Å². The van der Waals surface area contributed by atoms with Crippen molar-refractivity contribution in [3.63, 3.8) is 0 Å². The zero-order valence-corrected chi connectivity index (χ0v) is 22.7. The fourth-order valence-corrected chi connectivity index (χ4v) is 4.92. The molecule has 1 heterocycles. The Balaban J connectivity index is 0.000000695. The van der Waals surface area contributed by atoms with Gasteiger partial charge in [-0.05, 0) is 75.4 Å². The number of aryl methyl sites for hydroxylation is 1. The van der Waals surface area contributed by atoms with Crippen molar-refractivity contribution in [3.8, 4) is 0 Å². The van der Waals surface area contributed by atoms with E-state index in [0.717, 1.165) is 55.6 Å². The lowest BCUT2D eigenvalue weighted by molar-refractivity contribution is -0.124. The molecule has 2 fully saturated rings. The van der Waals surface area contributed by atoms with Gasteiger partial charge in [0.15, 0.2) is 0 Å². The molecule has 2 aromatic rings. The third kappa shape index (κ3) is 8.94. The molecule has 0 aromatic heterocycles. The van der Waals surface area contributed by atoms with Gasteiger partial charge in [0, 0.05) is 28.7 Å². The van der Waals surface area contributed by atoms with E-state index in [1.807, 2.05) is 12.1 Å². The van der Waals surface area contributed by atoms with Gasteiger partial charge in [0.25, 0.3) is 0 Å². The lowest BCUT2D eigenvalue weighted by Crippen LogP contribution is -2.48. The monoisotopic (exact) mass is 555 g/mol. The van der Waals surface area contributed by atoms with Gasteiger partial charge >= 0.3 is 6.18 Å². The third-order valence-electron chi connectivity index (χ3n) is 6.68. The highest BCUT2D eigenvalue weighted by molar-refractivity contribution is 6.35. The normalized spacial score (nSPS) is 17.7. The molecule has 1 aliphatic carbocycles. The van der Waals surface area contributed by atoms with Crippen LogP contribution in [-0.4, -0.2) is 37.3 Å². The summed E-state index contributed by atoms with van der Waals surface area (Å²) in [4.78, 5) is 13.5. The number of amides is 1. The van der Waals surface area contributed by atoms with E-state index in [0.29, 0.717) is 22.5 Å². The van der Waals surface area contributed by atoms with Gasteiger partial charge < -0.3 is 16.0 Å². The number of hydrogen-bond donors (Lipinski definition) is 3. The molecule has 4 rings (SSSR count). The van der Waals surface area contributed by atoms with E-state index in [2.05, 4.69) is 53.7 Å². The first-order valence-electron chi connectivity index (χ1n) is 12.4. The highest BCUT2D eigenvalue weighted by atomic mass is 35.5. The topological polar surface area (TPSA) is 53.2 Å². The maximum Gasteiger partial charge on any atom is 0.386 e. The molecule has 37 heavy (non-hydrogen) atoms. The van der Waals surface area contributed by atoms with Gasteiger partial charge in [-0.15, -0.1) is 0 Å². The molecule has 0 spiro atoms. The molecule has 0 bridgehead atoms. The predicted molar refractivity (Wildman–Crippen MR) is 144 cm³/mol. The predicted octanol–water partition coefficient (Wildman–Crippen LogP) is 6.48. The smallest absolute Gasteiger partial charge is 0.384 e. The van der Waals surface area contributed by atoms with E-state index >= 15 is 0 Å². The van der Waals surface area contributed by atoms with Gasteiger partial charge in [-0.1, -0.05) is 65.7 Å². The maximum absolute atomic E-state index is 13.5. The van der Waals surface area contributed by atoms with Crippen molar-refractivity contribution in [2.45, 2.75) is 69.6 Å². The van der Waals surface area contributed by atoms with Crippen molar-refractivity contribution in [1.29, 1.82) is 0 Å². The fraction of sp³-hybridized carbons (Fsp3) is 0.464. The molecule has 0 unspecified atom stereocenters. The van der Waals surface area contributed by atoms with Crippen LogP contribution in [0.25, 0.3) is 0 Å². The van der Waals surface area contributed by atoms with Crippen LogP contribution >= 0.6 is 23.2 Å². The fourth-order valence-electron chi connectivity index (χ4n) is 4.44. The lowest BCUT2D eigenvalue weighted by atomic mass is 9.93. The van der Waals surface area contributed by atoms with Crippen LogP contribution in [0.4, 0.5) is 13.2 Å². The summed E-state index contributed by atoms with van der Waals surface area (Å²) in [6.45, 7) is 8.54. The minimum atomic E-state index is -4.00. The van der Waals surface area contributed by atoms with E-state index in [1.54, 1.807) is 6.07 Å². The lowest BCUT2D eigenvalue weighted by Gasteiger charge is -2.31. The maximum atomic E-state index is 13.5. The van der Waals surface area contributed by atoms with Crippen molar-refractivity contribution < 1.29 is 18.0 Å². The van der Waals surface area contributed by atoms with Crippen LogP contribution in [0.1, 0.15) is 49.3 Å². The SMILES string of the molecule is C=C(NC1CCNCC1)[C@H](Cc1ccc(Cl)cc1Cl)NC(=O)C1(c2ccc(C)cc2)CC1.CC(F)(F)F. The number of piperidine rings is 1. The average Bonchev–Trinajstić information content (AvgIpc) is 3.62. The minimum absolute atomic E-state index is 0.0599. The molecule has 1 saturated carbocycles. The molecular weight excluding hydrogens is 522 g/mol. The highest BCUT2D eigenvalue weighted by Crippen LogP contribution is 2.48. The van der Waals surface area contributed by atoms with Gasteiger partial charge in [0.1, 0.15) is 0 Å². The first kappa shape index (κ1) is 29.3. The third-order valence-corrected chi connectivity index (χ3v) is 7.27. The van der Waals surface area contributed by atoms with Crippen LogP contribution < -0.4 is 16.0 Å². The highest BCUT2D eigenvalue weighted by Gasteiger charge is 2.51. The molecule has 1 amide bonds. The number of hydrogen-bond acceptors (Lipinski definition) is 3. The van der Waals surface area contributed by atoms with Crippen LogP contribution in [0.5, 0.6) is 0 Å². The zero-order chi connectivity index (χ0) is 27.2. The van der Waals surface area contributed by atoms with E-state index in [1.165, 1.54) is 5.56 Å². The molecule has 2 aromatic carbocycles. The summed E-state index contributed by atoms with van der Waals surface area (Å²) in [7, 11) is 0. The molecule has 2 aliphatic rings. The Hall–Kier alpha value is -2.22. The molecule has 1 saturated heterocycles. The Morgan fingerprint density at radius 1 is 1.14 bits per heavy atom. The van der Waals surface area contributed by atoms with Crippen LogP contribution in [-0.2, 0) is 16.6 Å². The Morgan fingerprint density at radius 2 is 1.73 bits per heavy atom. The van der Waals surface area contributed by atoms with Gasteiger partial charge in [-0.2, -0.15) is 13.2 Å². The van der Waals surface area contributed by atoms with Gasteiger partial charge in [0.2, 0.25) is 5.91 Å². The average molecular weight is 557 g/mol. The number of halogens is 5. The van der Waals surface area contributed by atoms with Gasteiger partial charge in [0.05, 0.1) is 11.5 Å². The summed E-state index contributed by atoms with van der Waals surface area (Å²) < 4.78 is 31.1. The largest absolute Gasteiger partial charge is 0.386 e. The van der Waals surface area contributed by atoms with E-state index in [4.69, 9.17) is 23.2 Å². The second-order valence-electron chi connectivity index (χ2n) is 9.89.